The molecule has 3 nitrogen and oxygen atoms in total. The highest BCUT2D eigenvalue weighted by Crippen LogP contribution is 2.43. The third-order valence-corrected chi connectivity index (χ3v) is 14.8. The molecule has 0 spiro atoms. The van der Waals surface area contributed by atoms with Crippen LogP contribution in [0.15, 0.2) is 291 Å². The SMILES string of the molecule is CC1CC(c2ccc3c(c2)c2cc(-c4ccc(N(c5ccccc5)c5ccc(-c6ccccc6)cc5)cc4)ccc2n3-c2ccc3ccccc3c2)=CC=C1N(c1ccccc1)c1ccc(-c2ccccc2)cc1. The molecule has 74 heavy (non-hydrogen) atoms. The molecule has 12 aromatic rings. The normalized spacial score (nSPS) is 13.4. The lowest BCUT2D eigenvalue weighted by atomic mass is 9.87. The van der Waals surface area contributed by atoms with Gasteiger partial charge in [-0.3, -0.25) is 0 Å². The Hall–Kier alpha value is -9.44. The second kappa shape index (κ2) is 19.3. The highest BCUT2D eigenvalue weighted by Gasteiger charge is 2.25. The number of aromatic nitrogens is 1. The van der Waals surface area contributed by atoms with Crippen LogP contribution in [-0.2, 0) is 0 Å². The predicted octanol–water partition coefficient (Wildman–Crippen LogP) is 19.6. The Morgan fingerprint density at radius 3 is 1.27 bits per heavy atom. The fraction of sp³-hybridized carbons (Fsp3) is 0.0423. The average molecular weight is 948 g/mol. The highest BCUT2D eigenvalue weighted by atomic mass is 15.2. The fourth-order valence-electron chi connectivity index (χ4n) is 11.1. The van der Waals surface area contributed by atoms with Crippen molar-refractivity contribution in [3.05, 3.63) is 296 Å². The molecular formula is C71H53N3. The molecule has 1 aromatic heterocycles. The van der Waals surface area contributed by atoms with E-state index in [2.05, 4.69) is 306 Å². The quantitative estimate of drug-likeness (QED) is 0.128. The molecule has 0 bridgehead atoms. The lowest BCUT2D eigenvalue weighted by molar-refractivity contribution is 0.680. The molecule has 1 aliphatic rings. The smallest absolute Gasteiger partial charge is 0.0541 e. The van der Waals surface area contributed by atoms with Gasteiger partial charge in [0, 0.05) is 56.5 Å². The Balaban J connectivity index is 0.883. The monoisotopic (exact) mass is 947 g/mol. The van der Waals surface area contributed by atoms with Gasteiger partial charge in [-0.05, 0) is 165 Å². The van der Waals surface area contributed by atoms with Crippen LogP contribution in [0.2, 0.25) is 0 Å². The summed E-state index contributed by atoms with van der Waals surface area (Å²) in [5, 5.41) is 4.94. The molecule has 0 radical (unpaired) electrons. The summed E-state index contributed by atoms with van der Waals surface area (Å²) in [5.41, 5.74) is 20.2. The van der Waals surface area contributed by atoms with Crippen molar-refractivity contribution in [1.29, 1.82) is 0 Å². The van der Waals surface area contributed by atoms with Crippen LogP contribution in [0.5, 0.6) is 0 Å². The third-order valence-electron chi connectivity index (χ3n) is 14.8. The van der Waals surface area contributed by atoms with Crippen LogP contribution in [-0.4, -0.2) is 4.57 Å². The Labute approximate surface area is 433 Å². The van der Waals surface area contributed by atoms with Crippen molar-refractivity contribution < 1.29 is 0 Å². The van der Waals surface area contributed by atoms with Crippen LogP contribution in [0.1, 0.15) is 18.9 Å². The van der Waals surface area contributed by atoms with Crippen LogP contribution in [0.25, 0.3) is 77.2 Å². The van der Waals surface area contributed by atoms with E-state index in [1.165, 1.54) is 82.8 Å². The second-order valence-corrected chi connectivity index (χ2v) is 19.4. The fourth-order valence-corrected chi connectivity index (χ4v) is 11.1. The maximum absolute atomic E-state index is 2.45. The van der Waals surface area contributed by atoms with E-state index in [-0.39, 0.29) is 5.92 Å². The van der Waals surface area contributed by atoms with Gasteiger partial charge in [0.1, 0.15) is 0 Å². The van der Waals surface area contributed by atoms with Gasteiger partial charge < -0.3 is 14.4 Å². The van der Waals surface area contributed by atoms with E-state index in [1.807, 2.05) is 0 Å². The molecule has 0 aliphatic heterocycles. The molecule has 0 amide bonds. The van der Waals surface area contributed by atoms with Gasteiger partial charge in [0.05, 0.1) is 11.0 Å². The van der Waals surface area contributed by atoms with Crippen molar-refractivity contribution in [1.82, 2.24) is 4.57 Å². The van der Waals surface area contributed by atoms with Gasteiger partial charge in [-0.25, -0.2) is 0 Å². The Morgan fingerprint density at radius 2 is 0.730 bits per heavy atom. The maximum atomic E-state index is 2.45. The summed E-state index contributed by atoms with van der Waals surface area (Å²) < 4.78 is 2.45. The summed E-state index contributed by atoms with van der Waals surface area (Å²) in [5.74, 6) is 0.264. The molecule has 13 rings (SSSR count). The molecule has 1 atom stereocenters. The summed E-state index contributed by atoms with van der Waals surface area (Å²) in [6, 6.07) is 99.2. The lowest BCUT2D eigenvalue weighted by Crippen LogP contribution is -2.23. The summed E-state index contributed by atoms with van der Waals surface area (Å²) in [7, 11) is 0. The Bertz CT molecular complexity index is 4010. The van der Waals surface area contributed by atoms with E-state index in [4.69, 9.17) is 0 Å². The van der Waals surface area contributed by atoms with Gasteiger partial charge in [-0.2, -0.15) is 0 Å². The molecule has 0 saturated carbocycles. The number of hydrogen-bond acceptors (Lipinski definition) is 2. The number of anilines is 5. The molecular weight excluding hydrogens is 895 g/mol. The first-order chi connectivity index (χ1) is 36.6. The van der Waals surface area contributed by atoms with E-state index < -0.39 is 0 Å². The maximum Gasteiger partial charge on any atom is 0.0541 e. The zero-order chi connectivity index (χ0) is 49.4. The number of benzene rings is 11. The van der Waals surface area contributed by atoms with Crippen LogP contribution in [0, 0.1) is 5.92 Å². The number of rotatable bonds is 11. The van der Waals surface area contributed by atoms with Gasteiger partial charge in [-0.1, -0.05) is 189 Å². The molecule has 1 unspecified atom stereocenters. The topological polar surface area (TPSA) is 11.4 Å². The van der Waals surface area contributed by atoms with Crippen molar-refractivity contribution in [2.75, 3.05) is 9.80 Å². The van der Waals surface area contributed by atoms with E-state index >= 15 is 0 Å². The third kappa shape index (κ3) is 8.44. The molecule has 1 heterocycles. The first-order valence-electron chi connectivity index (χ1n) is 25.7. The number of para-hydroxylation sites is 2. The van der Waals surface area contributed by atoms with Gasteiger partial charge in [-0.15, -0.1) is 0 Å². The van der Waals surface area contributed by atoms with Crippen LogP contribution in [0.3, 0.4) is 0 Å². The van der Waals surface area contributed by atoms with Gasteiger partial charge in [0.25, 0.3) is 0 Å². The first-order valence-corrected chi connectivity index (χ1v) is 25.7. The van der Waals surface area contributed by atoms with Crippen molar-refractivity contribution in [2.24, 2.45) is 5.92 Å². The van der Waals surface area contributed by atoms with E-state index in [1.54, 1.807) is 0 Å². The second-order valence-electron chi connectivity index (χ2n) is 19.4. The van der Waals surface area contributed by atoms with Gasteiger partial charge in [0.15, 0.2) is 0 Å². The van der Waals surface area contributed by atoms with Crippen molar-refractivity contribution in [3.63, 3.8) is 0 Å². The summed E-state index contributed by atoms with van der Waals surface area (Å²) >= 11 is 0. The van der Waals surface area contributed by atoms with Crippen LogP contribution >= 0.6 is 0 Å². The molecule has 11 aromatic carbocycles. The summed E-state index contributed by atoms with van der Waals surface area (Å²) in [6.07, 6.45) is 5.63. The predicted molar refractivity (Wildman–Crippen MR) is 314 cm³/mol. The molecule has 352 valence electrons. The summed E-state index contributed by atoms with van der Waals surface area (Å²) in [6.45, 7) is 2.37. The summed E-state index contributed by atoms with van der Waals surface area (Å²) in [4.78, 5) is 4.77. The zero-order valence-corrected chi connectivity index (χ0v) is 41.3. The van der Waals surface area contributed by atoms with Crippen molar-refractivity contribution in [2.45, 2.75) is 13.3 Å². The van der Waals surface area contributed by atoms with Crippen molar-refractivity contribution in [3.8, 4) is 39.1 Å². The largest absolute Gasteiger partial charge is 0.314 e. The first kappa shape index (κ1) is 44.5. The zero-order valence-electron chi connectivity index (χ0n) is 41.3. The molecule has 1 aliphatic carbocycles. The number of allylic oxidation sites excluding steroid dienone is 4. The van der Waals surface area contributed by atoms with Crippen LogP contribution < -0.4 is 9.80 Å². The van der Waals surface area contributed by atoms with Crippen LogP contribution in [0.4, 0.5) is 28.4 Å². The Morgan fingerprint density at radius 1 is 0.324 bits per heavy atom. The minimum absolute atomic E-state index is 0.264. The highest BCUT2D eigenvalue weighted by molar-refractivity contribution is 6.11. The average Bonchev–Trinajstić information content (AvgIpc) is 3.82. The van der Waals surface area contributed by atoms with E-state index in [9.17, 15) is 0 Å². The van der Waals surface area contributed by atoms with Gasteiger partial charge >= 0.3 is 0 Å². The number of hydrogen-bond donors (Lipinski definition) is 0. The van der Waals surface area contributed by atoms with E-state index in [0.717, 1.165) is 40.5 Å². The minimum Gasteiger partial charge on any atom is -0.314 e. The lowest BCUT2D eigenvalue weighted by Gasteiger charge is -2.34. The van der Waals surface area contributed by atoms with Crippen molar-refractivity contribution >= 4 is 66.6 Å². The Kier molecular flexibility index (Phi) is 11.6. The molecule has 0 fully saturated rings. The standard InChI is InChI=1S/C71H53N3/c1-50-46-58(33-43-69(50)73(62-24-12-5-13-25-62)65-40-28-55(29-41-65)52-18-8-3-9-19-52)60-35-45-71-68(49-60)67-48-59(34-44-70(67)74(71)66-42-32-53-20-14-15-21-57(53)47-66)56-30-38-64(39-31-56)72(61-22-10-4-11-23-61)63-36-26-54(27-37-63)51-16-6-2-7-17-51/h2-45,47-50H,46H2,1H3. The molecule has 0 saturated heterocycles. The molecule has 0 N–H and O–H groups in total. The molecule has 3 heteroatoms. The number of fused-ring (bicyclic) bond motifs is 4. The van der Waals surface area contributed by atoms with Gasteiger partial charge in [0.2, 0.25) is 0 Å². The number of nitrogens with zero attached hydrogens (tertiary/aromatic N) is 3. The van der Waals surface area contributed by atoms with E-state index in [0.29, 0.717) is 0 Å². The minimum atomic E-state index is 0.264.